The van der Waals surface area contributed by atoms with Gasteiger partial charge in [0.05, 0.1) is 5.56 Å². The van der Waals surface area contributed by atoms with Gasteiger partial charge in [0.15, 0.2) is 0 Å². The lowest BCUT2D eigenvalue weighted by atomic mass is 9.84. The molecule has 3 atom stereocenters. The molecule has 2 aliphatic heterocycles. The third-order valence-corrected chi connectivity index (χ3v) is 5.96. The summed E-state index contributed by atoms with van der Waals surface area (Å²) >= 11 is 0. The molecule has 2 heterocycles. The van der Waals surface area contributed by atoms with Crippen LogP contribution in [0.25, 0.3) is 0 Å². The fourth-order valence-electron chi connectivity index (χ4n) is 4.67. The molecule has 1 saturated carbocycles. The Morgan fingerprint density at radius 1 is 1.22 bits per heavy atom. The minimum absolute atomic E-state index is 0.152. The molecule has 27 heavy (non-hydrogen) atoms. The highest BCUT2D eigenvalue weighted by molar-refractivity contribution is 6.00. The van der Waals surface area contributed by atoms with E-state index in [9.17, 15) is 23.9 Å². The maximum Gasteiger partial charge on any atom is 0.326 e. The van der Waals surface area contributed by atoms with Gasteiger partial charge in [0.2, 0.25) is 0 Å². The normalized spacial score (nSPS) is 27.4. The fourth-order valence-corrected chi connectivity index (χ4v) is 4.67. The van der Waals surface area contributed by atoms with Crippen molar-refractivity contribution in [2.45, 2.75) is 44.2 Å². The van der Waals surface area contributed by atoms with Gasteiger partial charge in [-0.25, -0.2) is 14.0 Å². The molecule has 3 aliphatic rings. The molecule has 4 rings (SSSR count). The first kappa shape index (κ1) is 17.8. The van der Waals surface area contributed by atoms with Gasteiger partial charge in [-0.1, -0.05) is 12.8 Å². The van der Waals surface area contributed by atoms with Crippen LogP contribution >= 0.6 is 0 Å². The second kappa shape index (κ2) is 6.83. The number of anilines is 1. The minimum atomic E-state index is -1.05. The van der Waals surface area contributed by atoms with E-state index in [4.69, 9.17) is 0 Å². The van der Waals surface area contributed by atoms with Gasteiger partial charge in [0.25, 0.3) is 5.91 Å². The average molecular weight is 375 g/mol. The number of aliphatic carboxylic acids is 1. The number of benzene rings is 1. The maximum absolute atomic E-state index is 14.5. The first-order valence-electron chi connectivity index (χ1n) is 9.37. The number of carbonyl (C=O) groups excluding carboxylic acids is 2. The zero-order chi connectivity index (χ0) is 19.1. The van der Waals surface area contributed by atoms with Gasteiger partial charge in [-0.3, -0.25) is 9.69 Å². The second-order valence-electron chi connectivity index (χ2n) is 7.46. The predicted molar refractivity (Wildman–Crippen MR) is 95.1 cm³/mol. The maximum atomic E-state index is 14.5. The molecule has 3 amide bonds. The standard InChI is InChI=1S/C19H22FN3O4/c20-14-6-5-12(22-8-7-21-19(22)27)10-13(14)17(24)23-15-4-2-1-3-11(15)9-16(23)18(25)26/h5-6,10-11,15-16H,1-4,7-9H2,(H,21,27)(H,25,26)/t11-,15-,16+/m1/s1. The highest BCUT2D eigenvalue weighted by atomic mass is 19.1. The molecular formula is C19H22FN3O4. The highest BCUT2D eigenvalue weighted by Crippen LogP contribution is 2.41. The molecule has 0 aromatic heterocycles. The zero-order valence-electron chi connectivity index (χ0n) is 14.9. The van der Waals surface area contributed by atoms with Crippen molar-refractivity contribution in [3.63, 3.8) is 0 Å². The van der Waals surface area contributed by atoms with E-state index in [1.165, 1.54) is 28.0 Å². The second-order valence-corrected chi connectivity index (χ2v) is 7.46. The molecule has 1 aromatic rings. The molecule has 0 unspecified atom stereocenters. The molecule has 3 fully saturated rings. The summed E-state index contributed by atoms with van der Waals surface area (Å²) in [5, 5.41) is 12.3. The largest absolute Gasteiger partial charge is 0.480 e. The van der Waals surface area contributed by atoms with E-state index >= 15 is 0 Å². The number of carboxylic acids is 1. The lowest BCUT2D eigenvalue weighted by molar-refractivity contribution is -0.141. The summed E-state index contributed by atoms with van der Waals surface area (Å²) in [4.78, 5) is 39.6. The Bertz CT molecular complexity index is 799. The van der Waals surface area contributed by atoms with Crippen molar-refractivity contribution < 1.29 is 23.9 Å². The Morgan fingerprint density at radius 2 is 2.00 bits per heavy atom. The third kappa shape index (κ3) is 3.02. The monoisotopic (exact) mass is 375 g/mol. The molecule has 2 N–H and O–H groups in total. The molecule has 0 spiro atoms. The lowest BCUT2D eigenvalue weighted by Crippen LogP contribution is -2.46. The van der Waals surface area contributed by atoms with Crippen LogP contribution in [0, 0.1) is 11.7 Å². The van der Waals surface area contributed by atoms with E-state index in [1.54, 1.807) is 0 Å². The smallest absolute Gasteiger partial charge is 0.326 e. The van der Waals surface area contributed by atoms with Crippen LogP contribution in [0.1, 0.15) is 42.5 Å². The average Bonchev–Trinajstić information content (AvgIpc) is 3.25. The van der Waals surface area contributed by atoms with Crippen molar-refractivity contribution in [1.29, 1.82) is 0 Å². The van der Waals surface area contributed by atoms with Crippen molar-refractivity contribution in [3.8, 4) is 0 Å². The number of nitrogens with one attached hydrogen (secondary N) is 1. The SMILES string of the molecule is O=C(O)[C@@H]1C[C@H]2CCCC[C@H]2N1C(=O)c1cc(N2CCNC2=O)ccc1F. The summed E-state index contributed by atoms with van der Waals surface area (Å²) in [6.45, 7) is 0.917. The zero-order valence-corrected chi connectivity index (χ0v) is 14.9. The van der Waals surface area contributed by atoms with Gasteiger partial charge in [0.1, 0.15) is 11.9 Å². The topological polar surface area (TPSA) is 89.9 Å². The van der Waals surface area contributed by atoms with Crippen molar-refractivity contribution in [2.24, 2.45) is 5.92 Å². The molecule has 144 valence electrons. The number of hydrogen-bond acceptors (Lipinski definition) is 3. The molecular weight excluding hydrogens is 353 g/mol. The number of fused-ring (bicyclic) bond motifs is 1. The Balaban J connectivity index is 1.68. The van der Waals surface area contributed by atoms with Crippen molar-refractivity contribution in [1.82, 2.24) is 10.2 Å². The van der Waals surface area contributed by atoms with Crippen LogP contribution in [0.4, 0.5) is 14.9 Å². The number of amides is 3. The van der Waals surface area contributed by atoms with E-state index < -0.39 is 23.7 Å². The quantitative estimate of drug-likeness (QED) is 0.848. The summed E-state index contributed by atoms with van der Waals surface area (Å²) in [6, 6.07) is 2.60. The number of likely N-dealkylation sites (tertiary alicyclic amines) is 1. The summed E-state index contributed by atoms with van der Waals surface area (Å²) in [5.74, 6) is -2.20. The van der Waals surface area contributed by atoms with Crippen LogP contribution in [-0.4, -0.2) is 53.1 Å². The molecule has 0 bridgehead atoms. The number of rotatable bonds is 3. The van der Waals surface area contributed by atoms with Gasteiger partial charge >= 0.3 is 12.0 Å². The van der Waals surface area contributed by atoms with Crippen LogP contribution in [0.2, 0.25) is 0 Å². The first-order valence-corrected chi connectivity index (χ1v) is 9.37. The third-order valence-electron chi connectivity index (χ3n) is 5.96. The minimum Gasteiger partial charge on any atom is -0.480 e. The number of halogens is 1. The Kier molecular flexibility index (Phi) is 4.49. The summed E-state index contributed by atoms with van der Waals surface area (Å²) in [7, 11) is 0. The van der Waals surface area contributed by atoms with Crippen molar-refractivity contribution >= 4 is 23.6 Å². The van der Waals surface area contributed by atoms with Crippen molar-refractivity contribution in [2.75, 3.05) is 18.0 Å². The van der Waals surface area contributed by atoms with E-state index in [-0.39, 0.29) is 23.6 Å². The molecule has 8 heteroatoms. The molecule has 0 radical (unpaired) electrons. The Labute approximate surface area is 156 Å². The number of hydrogen-bond donors (Lipinski definition) is 2. The van der Waals surface area contributed by atoms with Crippen LogP contribution in [0.3, 0.4) is 0 Å². The summed E-state index contributed by atoms with van der Waals surface area (Å²) in [5.41, 5.74) is 0.255. The van der Waals surface area contributed by atoms with E-state index in [0.717, 1.165) is 25.7 Å². The summed E-state index contributed by atoms with van der Waals surface area (Å²) < 4.78 is 14.5. The van der Waals surface area contributed by atoms with E-state index in [0.29, 0.717) is 25.2 Å². The number of carboxylic acid groups (broad SMARTS) is 1. The predicted octanol–water partition coefficient (Wildman–Crippen LogP) is 2.21. The first-order chi connectivity index (χ1) is 13.0. The van der Waals surface area contributed by atoms with Gasteiger partial charge < -0.3 is 15.3 Å². The van der Waals surface area contributed by atoms with Gasteiger partial charge in [0, 0.05) is 24.8 Å². The van der Waals surface area contributed by atoms with Gasteiger partial charge in [-0.05, 0) is 43.4 Å². The Morgan fingerprint density at radius 3 is 2.70 bits per heavy atom. The lowest BCUT2D eigenvalue weighted by Gasteiger charge is -2.33. The van der Waals surface area contributed by atoms with Gasteiger partial charge in [-0.15, -0.1) is 0 Å². The number of urea groups is 1. The fraction of sp³-hybridized carbons (Fsp3) is 0.526. The van der Waals surface area contributed by atoms with E-state index in [1.807, 2.05) is 0 Å². The van der Waals surface area contributed by atoms with Crippen LogP contribution < -0.4 is 10.2 Å². The van der Waals surface area contributed by atoms with Crippen LogP contribution in [-0.2, 0) is 4.79 Å². The number of nitrogens with zero attached hydrogens (tertiary/aromatic N) is 2. The molecule has 1 aliphatic carbocycles. The summed E-state index contributed by atoms with van der Waals surface area (Å²) in [6.07, 6.45) is 4.03. The molecule has 2 saturated heterocycles. The van der Waals surface area contributed by atoms with Gasteiger partial charge in [-0.2, -0.15) is 0 Å². The number of carbonyl (C=O) groups is 3. The van der Waals surface area contributed by atoms with E-state index in [2.05, 4.69) is 5.32 Å². The molecule has 1 aromatic carbocycles. The van der Waals surface area contributed by atoms with Crippen LogP contribution in [0.15, 0.2) is 18.2 Å². The van der Waals surface area contributed by atoms with Crippen molar-refractivity contribution in [3.05, 3.63) is 29.6 Å². The Hall–Kier alpha value is -2.64. The van der Waals surface area contributed by atoms with Crippen LogP contribution in [0.5, 0.6) is 0 Å². The molecule has 7 nitrogen and oxygen atoms in total. The highest BCUT2D eigenvalue weighted by Gasteiger charge is 2.48.